The summed E-state index contributed by atoms with van der Waals surface area (Å²) >= 11 is 0. The molecule has 3 aromatic carbocycles. The molecular formula is C35H34F2N4O2. The van der Waals surface area contributed by atoms with Crippen molar-refractivity contribution in [2.45, 2.75) is 25.8 Å². The Bertz CT molecular complexity index is 1560. The topological polar surface area (TPSA) is 56.8 Å². The number of hydrogen-bond acceptors (Lipinski definition) is 4. The Hall–Kier alpha value is -4.43. The van der Waals surface area contributed by atoms with Crippen molar-refractivity contribution in [2.75, 3.05) is 39.3 Å². The first kappa shape index (κ1) is 28.7. The molecule has 1 aromatic heterocycles. The van der Waals surface area contributed by atoms with Gasteiger partial charge in [0.25, 0.3) is 11.8 Å². The van der Waals surface area contributed by atoms with E-state index >= 15 is 0 Å². The number of carbonyl (C=O) groups excluding carboxylic acids is 2. The number of aromatic nitrogens is 1. The molecule has 2 aliphatic rings. The number of benzene rings is 3. The molecule has 3 heterocycles. The molecule has 6 rings (SSSR count). The average molecular weight is 581 g/mol. The van der Waals surface area contributed by atoms with Crippen molar-refractivity contribution in [3.63, 3.8) is 0 Å². The smallest absolute Gasteiger partial charge is 0.256 e. The maximum Gasteiger partial charge on any atom is 0.256 e. The summed E-state index contributed by atoms with van der Waals surface area (Å²) in [6, 6.07) is 26.6. The highest BCUT2D eigenvalue weighted by atomic mass is 19.2. The van der Waals surface area contributed by atoms with Gasteiger partial charge in [0.15, 0.2) is 11.6 Å². The van der Waals surface area contributed by atoms with Crippen LogP contribution in [-0.2, 0) is 0 Å². The van der Waals surface area contributed by atoms with E-state index in [0.29, 0.717) is 31.7 Å². The zero-order valence-corrected chi connectivity index (χ0v) is 24.2. The van der Waals surface area contributed by atoms with Gasteiger partial charge in [-0.05, 0) is 43.5 Å². The summed E-state index contributed by atoms with van der Waals surface area (Å²) in [5, 5.41) is 0. The summed E-state index contributed by atoms with van der Waals surface area (Å²) in [6.45, 7) is 5.14. The van der Waals surface area contributed by atoms with Crippen LogP contribution in [0.2, 0.25) is 0 Å². The third-order valence-electron chi connectivity index (χ3n) is 8.59. The standard InChI is InChI=1S/C35H34F2N4O2/c1-24-12-13-29(33(37)32(24)36)35(43)40-16-14-28(15-17-40)39-18-20-41(21-19-39)34(42)27-22-30(25-8-4-2-5-9-25)38-31(23-27)26-10-6-3-7-11-26/h2-13,22-23,28H,14-21H2,1H3. The van der Waals surface area contributed by atoms with Gasteiger partial charge in [0.1, 0.15) is 0 Å². The number of piperidine rings is 1. The predicted octanol–water partition coefficient (Wildman–Crippen LogP) is 6.06. The Morgan fingerprint density at radius 2 is 1.21 bits per heavy atom. The number of aryl methyl sites for hydroxylation is 1. The highest BCUT2D eigenvalue weighted by molar-refractivity contribution is 5.96. The molecule has 0 atom stereocenters. The van der Waals surface area contributed by atoms with Crippen molar-refractivity contribution < 1.29 is 18.4 Å². The molecule has 6 nitrogen and oxygen atoms in total. The molecule has 2 fully saturated rings. The lowest BCUT2D eigenvalue weighted by Crippen LogP contribution is -2.54. The summed E-state index contributed by atoms with van der Waals surface area (Å²) in [5.41, 5.74) is 4.03. The summed E-state index contributed by atoms with van der Waals surface area (Å²) in [7, 11) is 0. The molecule has 2 amide bonds. The third kappa shape index (κ3) is 6.06. The molecule has 4 aromatic rings. The van der Waals surface area contributed by atoms with Gasteiger partial charge in [-0.1, -0.05) is 66.7 Å². The van der Waals surface area contributed by atoms with Crippen LogP contribution in [0.25, 0.3) is 22.5 Å². The Balaban J connectivity index is 1.10. The van der Waals surface area contributed by atoms with Crippen LogP contribution in [0.15, 0.2) is 84.9 Å². The molecule has 2 saturated heterocycles. The van der Waals surface area contributed by atoms with E-state index in [1.807, 2.05) is 77.7 Å². The maximum atomic E-state index is 14.4. The van der Waals surface area contributed by atoms with Gasteiger partial charge < -0.3 is 9.80 Å². The highest BCUT2D eigenvalue weighted by Gasteiger charge is 2.32. The van der Waals surface area contributed by atoms with Gasteiger partial charge in [0, 0.05) is 62.0 Å². The number of nitrogens with zero attached hydrogens (tertiary/aromatic N) is 4. The van der Waals surface area contributed by atoms with E-state index in [4.69, 9.17) is 4.98 Å². The van der Waals surface area contributed by atoms with Gasteiger partial charge in [-0.15, -0.1) is 0 Å². The number of rotatable bonds is 5. The Labute approximate surface area is 250 Å². The fourth-order valence-electron chi connectivity index (χ4n) is 6.06. The molecule has 220 valence electrons. The number of halogens is 2. The van der Waals surface area contributed by atoms with Crippen molar-refractivity contribution >= 4 is 11.8 Å². The van der Waals surface area contributed by atoms with Gasteiger partial charge in [-0.3, -0.25) is 14.5 Å². The zero-order valence-electron chi connectivity index (χ0n) is 24.2. The molecule has 0 spiro atoms. The van der Waals surface area contributed by atoms with E-state index < -0.39 is 17.5 Å². The number of carbonyl (C=O) groups is 2. The number of piperazine rings is 1. The van der Waals surface area contributed by atoms with Crippen LogP contribution in [0.4, 0.5) is 8.78 Å². The van der Waals surface area contributed by atoms with Crippen molar-refractivity contribution in [1.29, 1.82) is 0 Å². The monoisotopic (exact) mass is 580 g/mol. The van der Waals surface area contributed by atoms with Crippen LogP contribution >= 0.6 is 0 Å². The molecule has 0 unspecified atom stereocenters. The van der Waals surface area contributed by atoms with E-state index in [1.165, 1.54) is 19.1 Å². The van der Waals surface area contributed by atoms with Crippen LogP contribution in [0.5, 0.6) is 0 Å². The molecular weight excluding hydrogens is 546 g/mol. The van der Waals surface area contributed by atoms with Crippen LogP contribution < -0.4 is 0 Å². The SMILES string of the molecule is Cc1ccc(C(=O)N2CCC(N3CCN(C(=O)c4cc(-c5ccccc5)nc(-c5ccccc5)c4)CC3)CC2)c(F)c1F. The molecule has 0 radical (unpaired) electrons. The first-order chi connectivity index (χ1) is 20.9. The van der Waals surface area contributed by atoms with E-state index in [9.17, 15) is 18.4 Å². The lowest BCUT2D eigenvalue weighted by atomic mass is 10.0. The Morgan fingerprint density at radius 1 is 0.674 bits per heavy atom. The van der Waals surface area contributed by atoms with E-state index in [2.05, 4.69) is 4.90 Å². The minimum absolute atomic E-state index is 0.0100. The molecule has 2 aliphatic heterocycles. The first-order valence-corrected chi connectivity index (χ1v) is 14.8. The molecule has 8 heteroatoms. The maximum absolute atomic E-state index is 14.4. The van der Waals surface area contributed by atoms with Gasteiger partial charge in [0.2, 0.25) is 0 Å². The van der Waals surface area contributed by atoms with Gasteiger partial charge >= 0.3 is 0 Å². The molecule has 0 bridgehead atoms. The molecule has 43 heavy (non-hydrogen) atoms. The molecule has 0 aliphatic carbocycles. The molecule has 0 saturated carbocycles. The largest absolute Gasteiger partial charge is 0.338 e. The number of pyridine rings is 1. The van der Waals surface area contributed by atoms with Crippen LogP contribution in [0.1, 0.15) is 39.1 Å². The fourth-order valence-corrected chi connectivity index (χ4v) is 6.06. The molecule has 0 N–H and O–H groups in total. The highest BCUT2D eigenvalue weighted by Crippen LogP contribution is 2.27. The Morgan fingerprint density at radius 3 is 1.77 bits per heavy atom. The number of amides is 2. The third-order valence-corrected chi connectivity index (χ3v) is 8.59. The van der Waals surface area contributed by atoms with Crippen LogP contribution in [0, 0.1) is 18.6 Å². The van der Waals surface area contributed by atoms with Gasteiger partial charge in [-0.25, -0.2) is 13.8 Å². The van der Waals surface area contributed by atoms with Crippen molar-refractivity contribution in [2.24, 2.45) is 0 Å². The summed E-state index contributed by atoms with van der Waals surface area (Å²) in [6.07, 6.45) is 1.50. The van der Waals surface area contributed by atoms with E-state index in [1.54, 1.807) is 4.90 Å². The normalized spacial score (nSPS) is 16.3. The fraction of sp³-hybridized carbons (Fsp3) is 0.286. The van der Waals surface area contributed by atoms with Crippen molar-refractivity contribution in [1.82, 2.24) is 19.7 Å². The van der Waals surface area contributed by atoms with Crippen molar-refractivity contribution in [3.8, 4) is 22.5 Å². The minimum atomic E-state index is -1.08. The summed E-state index contributed by atoms with van der Waals surface area (Å²) < 4.78 is 28.4. The van der Waals surface area contributed by atoms with E-state index in [-0.39, 0.29) is 23.1 Å². The second-order valence-corrected chi connectivity index (χ2v) is 11.3. The first-order valence-electron chi connectivity index (χ1n) is 14.8. The second-order valence-electron chi connectivity index (χ2n) is 11.3. The quantitative estimate of drug-likeness (QED) is 0.288. The summed E-state index contributed by atoms with van der Waals surface area (Å²) in [5.74, 6) is -2.52. The minimum Gasteiger partial charge on any atom is -0.338 e. The second kappa shape index (κ2) is 12.4. The zero-order chi connectivity index (χ0) is 29.9. The number of hydrogen-bond donors (Lipinski definition) is 0. The van der Waals surface area contributed by atoms with Crippen LogP contribution in [-0.4, -0.2) is 76.8 Å². The van der Waals surface area contributed by atoms with Crippen molar-refractivity contribution in [3.05, 3.63) is 113 Å². The van der Waals surface area contributed by atoms with Gasteiger partial charge in [-0.2, -0.15) is 0 Å². The summed E-state index contributed by atoms with van der Waals surface area (Å²) in [4.78, 5) is 37.4. The Kier molecular flexibility index (Phi) is 8.29. The van der Waals surface area contributed by atoms with E-state index in [0.717, 1.165) is 48.4 Å². The van der Waals surface area contributed by atoms with Crippen LogP contribution in [0.3, 0.4) is 0 Å². The predicted molar refractivity (Wildman–Crippen MR) is 163 cm³/mol. The van der Waals surface area contributed by atoms with Gasteiger partial charge in [0.05, 0.1) is 17.0 Å². The lowest BCUT2D eigenvalue weighted by Gasteiger charge is -2.42. The average Bonchev–Trinajstić information content (AvgIpc) is 3.07. The lowest BCUT2D eigenvalue weighted by molar-refractivity contribution is 0.0410. The number of likely N-dealkylation sites (tertiary alicyclic amines) is 1.